The standard InChI is InChI=1S/C20H30N4O/c1-15-6-7-18(14-23-8-4-5-9-23)12-20(15)21-13-19-16(2)22-24(10-11-25)17(19)3/h6-7,12,21,25H,4-5,8-11,13-14H2,1-3H3. The Bertz CT molecular complexity index is 717. The number of hydrogen-bond acceptors (Lipinski definition) is 4. The Labute approximate surface area is 150 Å². The van der Waals surface area contributed by atoms with Gasteiger partial charge in [-0.15, -0.1) is 0 Å². The molecule has 25 heavy (non-hydrogen) atoms. The van der Waals surface area contributed by atoms with Crippen LogP contribution in [0.3, 0.4) is 0 Å². The van der Waals surface area contributed by atoms with Gasteiger partial charge in [0.05, 0.1) is 18.8 Å². The fourth-order valence-electron chi connectivity index (χ4n) is 3.64. The molecule has 0 aliphatic carbocycles. The Kier molecular flexibility index (Phi) is 5.76. The molecule has 1 aliphatic rings. The van der Waals surface area contributed by atoms with Crippen LogP contribution in [0.2, 0.25) is 0 Å². The van der Waals surface area contributed by atoms with Gasteiger partial charge in [0.15, 0.2) is 0 Å². The zero-order valence-electron chi connectivity index (χ0n) is 15.7. The highest BCUT2D eigenvalue weighted by Gasteiger charge is 2.14. The number of rotatable bonds is 7. The van der Waals surface area contributed by atoms with Crippen molar-refractivity contribution in [2.45, 2.75) is 53.2 Å². The number of hydrogen-bond donors (Lipinski definition) is 2. The number of nitrogens with zero attached hydrogens (tertiary/aromatic N) is 3. The van der Waals surface area contributed by atoms with Crippen molar-refractivity contribution in [2.24, 2.45) is 0 Å². The van der Waals surface area contributed by atoms with Crippen LogP contribution < -0.4 is 5.32 Å². The maximum absolute atomic E-state index is 9.16. The second-order valence-corrected chi connectivity index (χ2v) is 7.08. The first-order chi connectivity index (χ1) is 12.1. The lowest BCUT2D eigenvalue weighted by Gasteiger charge is -2.17. The minimum atomic E-state index is 0.118. The topological polar surface area (TPSA) is 53.3 Å². The molecule has 1 aliphatic heterocycles. The Morgan fingerprint density at radius 1 is 1.16 bits per heavy atom. The predicted octanol–water partition coefficient (Wildman–Crippen LogP) is 3.01. The van der Waals surface area contributed by atoms with Crippen molar-refractivity contribution >= 4 is 5.69 Å². The van der Waals surface area contributed by atoms with E-state index >= 15 is 0 Å². The average Bonchev–Trinajstić information content (AvgIpc) is 3.18. The number of aromatic nitrogens is 2. The van der Waals surface area contributed by atoms with Gasteiger partial charge in [-0.25, -0.2) is 0 Å². The van der Waals surface area contributed by atoms with E-state index in [0.29, 0.717) is 6.54 Å². The number of anilines is 1. The summed E-state index contributed by atoms with van der Waals surface area (Å²) in [5.41, 5.74) is 7.22. The zero-order valence-corrected chi connectivity index (χ0v) is 15.7. The third-order valence-corrected chi connectivity index (χ3v) is 5.21. The van der Waals surface area contributed by atoms with E-state index in [2.05, 4.69) is 47.4 Å². The summed E-state index contributed by atoms with van der Waals surface area (Å²) in [6, 6.07) is 6.74. The normalized spacial score (nSPS) is 15.0. The van der Waals surface area contributed by atoms with Crippen molar-refractivity contribution in [3.05, 3.63) is 46.3 Å². The van der Waals surface area contributed by atoms with E-state index in [1.165, 1.54) is 48.3 Å². The van der Waals surface area contributed by atoms with E-state index in [1.807, 2.05) is 11.6 Å². The summed E-state index contributed by atoms with van der Waals surface area (Å²) in [6.45, 7) is 11.2. The lowest BCUT2D eigenvalue weighted by molar-refractivity contribution is 0.268. The molecule has 1 saturated heterocycles. The van der Waals surface area contributed by atoms with Crippen LogP contribution in [0, 0.1) is 20.8 Å². The second kappa shape index (κ2) is 8.02. The number of aliphatic hydroxyl groups excluding tert-OH is 1. The Morgan fingerprint density at radius 2 is 1.92 bits per heavy atom. The third-order valence-electron chi connectivity index (χ3n) is 5.21. The van der Waals surface area contributed by atoms with Crippen molar-refractivity contribution in [1.82, 2.24) is 14.7 Å². The largest absolute Gasteiger partial charge is 0.394 e. The summed E-state index contributed by atoms with van der Waals surface area (Å²) in [7, 11) is 0. The lowest BCUT2D eigenvalue weighted by atomic mass is 10.1. The van der Waals surface area contributed by atoms with Gasteiger partial charge in [-0.05, 0) is 63.9 Å². The fourth-order valence-corrected chi connectivity index (χ4v) is 3.64. The highest BCUT2D eigenvalue weighted by atomic mass is 16.3. The van der Waals surface area contributed by atoms with Crippen molar-refractivity contribution in [3.63, 3.8) is 0 Å². The maximum Gasteiger partial charge on any atom is 0.0646 e. The molecule has 2 aromatic rings. The number of likely N-dealkylation sites (tertiary alicyclic amines) is 1. The molecule has 2 N–H and O–H groups in total. The minimum Gasteiger partial charge on any atom is -0.394 e. The first kappa shape index (κ1) is 18.0. The van der Waals surface area contributed by atoms with Crippen LogP contribution in [0.5, 0.6) is 0 Å². The molecule has 1 fully saturated rings. The Morgan fingerprint density at radius 3 is 2.64 bits per heavy atom. The van der Waals surface area contributed by atoms with Crippen molar-refractivity contribution < 1.29 is 5.11 Å². The molecule has 1 aromatic carbocycles. The van der Waals surface area contributed by atoms with Gasteiger partial charge >= 0.3 is 0 Å². The van der Waals surface area contributed by atoms with Crippen molar-refractivity contribution in [2.75, 3.05) is 25.0 Å². The molecule has 136 valence electrons. The number of benzene rings is 1. The molecular formula is C20H30N4O. The van der Waals surface area contributed by atoms with Gasteiger partial charge in [0.25, 0.3) is 0 Å². The molecular weight excluding hydrogens is 312 g/mol. The van der Waals surface area contributed by atoms with Crippen LogP contribution in [0.4, 0.5) is 5.69 Å². The summed E-state index contributed by atoms with van der Waals surface area (Å²) in [6.07, 6.45) is 2.65. The van der Waals surface area contributed by atoms with Crippen LogP contribution >= 0.6 is 0 Å². The van der Waals surface area contributed by atoms with E-state index in [4.69, 9.17) is 5.11 Å². The van der Waals surface area contributed by atoms with Gasteiger partial charge in [0.1, 0.15) is 0 Å². The highest BCUT2D eigenvalue weighted by Crippen LogP contribution is 2.22. The molecule has 0 bridgehead atoms. The number of aliphatic hydroxyl groups is 1. The van der Waals surface area contributed by atoms with Crippen LogP contribution in [-0.4, -0.2) is 39.5 Å². The summed E-state index contributed by atoms with van der Waals surface area (Å²) < 4.78 is 1.89. The molecule has 2 heterocycles. The average molecular weight is 342 g/mol. The molecule has 0 spiro atoms. The van der Waals surface area contributed by atoms with E-state index in [0.717, 1.165) is 24.5 Å². The van der Waals surface area contributed by atoms with Gasteiger partial charge in [-0.3, -0.25) is 9.58 Å². The van der Waals surface area contributed by atoms with Crippen LogP contribution in [0.25, 0.3) is 0 Å². The SMILES string of the molecule is Cc1ccc(CN2CCCC2)cc1NCc1c(C)nn(CCO)c1C. The smallest absolute Gasteiger partial charge is 0.0646 e. The number of aryl methyl sites for hydroxylation is 2. The summed E-state index contributed by atoms with van der Waals surface area (Å²) in [4.78, 5) is 2.53. The van der Waals surface area contributed by atoms with E-state index in [1.54, 1.807) is 0 Å². The van der Waals surface area contributed by atoms with Gasteiger partial charge in [-0.2, -0.15) is 5.10 Å². The molecule has 0 atom stereocenters. The highest BCUT2D eigenvalue weighted by molar-refractivity contribution is 5.53. The monoisotopic (exact) mass is 342 g/mol. The quantitative estimate of drug-likeness (QED) is 0.812. The molecule has 1 aromatic heterocycles. The molecule has 5 nitrogen and oxygen atoms in total. The van der Waals surface area contributed by atoms with Gasteiger partial charge in [-0.1, -0.05) is 12.1 Å². The van der Waals surface area contributed by atoms with Gasteiger partial charge < -0.3 is 10.4 Å². The van der Waals surface area contributed by atoms with Crippen LogP contribution in [0.15, 0.2) is 18.2 Å². The fraction of sp³-hybridized carbons (Fsp3) is 0.550. The maximum atomic E-state index is 9.16. The first-order valence-electron chi connectivity index (χ1n) is 9.28. The van der Waals surface area contributed by atoms with Crippen LogP contribution in [-0.2, 0) is 19.6 Å². The molecule has 3 rings (SSSR count). The van der Waals surface area contributed by atoms with Crippen molar-refractivity contribution in [1.29, 1.82) is 0 Å². The van der Waals surface area contributed by atoms with Gasteiger partial charge in [0.2, 0.25) is 0 Å². The Hall–Kier alpha value is -1.85. The number of nitrogens with one attached hydrogen (secondary N) is 1. The van der Waals surface area contributed by atoms with E-state index < -0.39 is 0 Å². The first-order valence-corrected chi connectivity index (χ1v) is 9.28. The zero-order chi connectivity index (χ0) is 17.8. The van der Waals surface area contributed by atoms with Crippen LogP contribution in [0.1, 0.15) is 40.9 Å². The third kappa shape index (κ3) is 4.22. The van der Waals surface area contributed by atoms with E-state index in [-0.39, 0.29) is 6.61 Å². The summed E-state index contributed by atoms with van der Waals surface area (Å²) in [5.74, 6) is 0. The van der Waals surface area contributed by atoms with Gasteiger partial charge in [0, 0.05) is 30.0 Å². The predicted molar refractivity (Wildman–Crippen MR) is 102 cm³/mol. The summed E-state index contributed by atoms with van der Waals surface area (Å²) >= 11 is 0. The van der Waals surface area contributed by atoms with Crippen molar-refractivity contribution in [3.8, 4) is 0 Å². The lowest BCUT2D eigenvalue weighted by Crippen LogP contribution is -2.18. The molecule has 0 radical (unpaired) electrons. The molecule has 5 heteroatoms. The van der Waals surface area contributed by atoms with E-state index in [9.17, 15) is 0 Å². The minimum absolute atomic E-state index is 0.118. The summed E-state index contributed by atoms with van der Waals surface area (Å²) in [5, 5.41) is 17.3. The molecule has 0 unspecified atom stereocenters. The molecule has 0 amide bonds. The Balaban J connectivity index is 1.70. The molecule has 0 saturated carbocycles. The second-order valence-electron chi connectivity index (χ2n) is 7.08.